The van der Waals surface area contributed by atoms with Crippen LogP contribution in [0.4, 0.5) is 28.7 Å². The van der Waals surface area contributed by atoms with Gasteiger partial charge in [-0.05, 0) is 31.2 Å². The molecular formula is C16H14N6O2. The summed E-state index contributed by atoms with van der Waals surface area (Å²) < 4.78 is 0. The smallest absolute Gasteiger partial charge is 0.334 e. The fourth-order valence-corrected chi connectivity index (χ4v) is 2.08. The van der Waals surface area contributed by atoms with Gasteiger partial charge in [0.25, 0.3) is 0 Å². The zero-order valence-electron chi connectivity index (χ0n) is 12.8. The molecule has 0 radical (unpaired) electrons. The van der Waals surface area contributed by atoms with E-state index < -0.39 is 4.92 Å². The molecule has 0 aliphatic heterocycles. The Morgan fingerprint density at radius 3 is 2.00 bits per heavy atom. The largest absolute Gasteiger partial charge is 0.353 e. The molecule has 0 atom stereocenters. The number of benzene rings is 1. The summed E-state index contributed by atoms with van der Waals surface area (Å²) in [6.07, 6.45) is 4.44. The van der Waals surface area contributed by atoms with Crippen molar-refractivity contribution in [3.05, 3.63) is 70.8 Å². The van der Waals surface area contributed by atoms with Gasteiger partial charge in [-0.3, -0.25) is 15.1 Å². The molecule has 0 bridgehead atoms. The second-order valence-corrected chi connectivity index (χ2v) is 5.03. The van der Waals surface area contributed by atoms with E-state index in [1.165, 1.54) is 6.33 Å². The van der Waals surface area contributed by atoms with Crippen LogP contribution in [0.3, 0.4) is 0 Å². The molecular weight excluding hydrogens is 308 g/mol. The number of rotatable bonds is 5. The summed E-state index contributed by atoms with van der Waals surface area (Å²) in [6, 6.07) is 10.9. The van der Waals surface area contributed by atoms with Crippen LogP contribution in [0.5, 0.6) is 0 Å². The standard InChI is InChI=1S/C16H14N6O2/c1-11-2-4-12(5-3-11)20-15-14(22(23)24)16(19-10-18-15)21-13-6-8-17-9-7-13/h2-10H,1H3,(H2,17,18,19,20,21). The maximum Gasteiger partial charge on any atom is 0.353 e. The number of nitro groups is 1. The van der Waals surface area contributed by atoms with Crippen LogP contribution in [0.25, 0.3) is 0 Å². The molecule has 0 amide bonds. The SMILES string of the molecule is Cc1ccc(Nc2ncnc(Nc3ccncc3)c2[N+](=O)[O-])cc1. The van der Waals surface area contributed by atoms with Crippen LogP contribution in [0.1, 0.15) is 5.56 Å². The van der Waals surface area contributed by atoms with Gasteiger partial charge in [-0.15, -0.1) is 0 Å². The van der Waals surface area contributed by atoms with E-state index in [1.807, 2.05) is 31.2 Å². The summed E-state index contributed by atoms with van der Waals surface area (Å²) in [6.45, 7) is 1.97. The van der Waals surface area contributed by atoms with Crippen LogP contribution < -0.4 is 10.6 Å². The van der Waals surface area contributed by atoms with E-state index in [4.69, 9.17) is 0 Å². The highest BCUT2D eigenvalue weighted by Crippen LogP contribution is 2.32. The summed E-state index contributed by atoms with van der Waals surface area (Å²) in [5, 5.41) is 17.4. The lowest BCUT2D eigenvalue weighted by atomic mass is 10.2. The first-order valence-electron chi connectivity index (χ1n) is 7.13. The average molecular weight is 322 g/mol. The molecule has 0 aliphatic rings. The minimum absolute atomic E-state index is 0.107. The van der Waals surface area contributed by atoms with Crippen molar-refractivity contribution in [2.45, 2.75) is 6.92 Å². The highest BCUT2D eigenvalue weighted by Gasteiger charge is 2.23. The van der Waals surface area contributed by atoms with E-state index >= 15 is 0 Å². The Hall–Kier alpha value is -3.55. The third-order valence-electron chi connectivity index (χ3n) is 3.26. The number of hydrogen-bond donors (Lipinski definition) is 2. The van der Waals surface area contributed by atoms with Crippen molar-refractivity contribution in [3.8, 4) is 0 Å². The zero-order valence-corrected chi connectivity index (χ0v) is 12.8. The van der Waals surface area contributed by atoms with Gasteiger partial charge in [0.05, 0.1) is 4.92 Å². The van der Waals surface area contributed by atoms with Crippen molar-refractivity contribution in [1.29, 1.82) is 0 Å². The predicted octanol–water partition coefficient (Wildman–Crippen LogP) is 3.58. The number of hydrogen-bond acceptors (Lipinski definition) is 7. The van der Waals surface area contributed by atoms with Crippen molar-refractivity contribution >= 4 is 28.7 Å². The Labute approximate surface area is 137 Å². The van der Waals surface area contributed by atoms with Gasteiger partial charge in [-0.2, -0.15) is 0 Å². The van der Waals surface area contributed by atoms with E-state index in [-0.39, 0.29) is 17.3 Å². The third kappa shape index (κ3) is 3.43. The van der Waals surface area contributed by atoms with E-state index in [2.05, 4.69) is 25.6 Å². The Balaban J connectivity index is 1.96. The van der Waals surface area contributed by atoms with Gasteiger partial charge >= 0.3 is 5.69 Å². The Morgan fingerprint density at radius 2 is 1.46 bits per heavy atom. The molecule has 1 aromatic carbocycles. The molecule has 24 heavy (non-hydrogen) atoms. The minimum Gasteiger partial charge on any atom is -0.334 e. The van der Waals surface area contributed by atoms with Crippen LogP contribution in [-0.2, 0) is 0 Å². The molecule has 0 spiro atoms. The predicted molar refractivity (Wildman–Crippen MR) is 90.7 cm³/mol. The van der Waals surface area contributed by atoms with Gasteiger partial charge in [-0.1, -0.05) is 17.7 Å². The zero-order chi connectivity index (χ0) is 16.9. The molecule has 0 saturated carbocycles. The molecule has 0 aliphatic carbocycles. The molecule has 8 nitrogen and oxygen atoms in total. The van der Waals surface area contributed by atoms with Crippen molar-refractivity contribution < 1.29 is 4.92 Å². The van der Waals surface area contributed by atoms with E-state index in [1.54, 1.807) is 24.5 Å². The van der Waals surface area contributed by atoms with Gasteiger partial charge in [0.1, 0.15) is 6.33 Å². The van der Waals surface area contributed by atoms with Crippen LogP contribution in [0.15, 0.2) is 55.1 Å². The number of nitrogens with one attached hydrogen (secondary N) is 2. The molecule has 0 fully saturated rings. The van der Waals surface area contributed by atoms with Gasteiger partial charge < -0.3 is 10.6 Å². The maximum atomic E-state index is 11.5. The highest BCUT2D eigenvalue weighted by molar-refractivity contribution is 5.76. The summed E-state index contributed by atoms with van der Waals surface area (Å²) in [5.41, 5.74) is 2.22. The first-order chi connectivity index (χ1) is 11.6. The second-order valence-electron chi connectivity index (χ2n) is 5.03. The van der Waals surface area contributed by atoms with Gasteiger partial charge in [0.2, 0.25) is 11.6 Å². The number of aromatic nitrogens is 3. The van der Waals surface area contributed by atoms with Crippen LogP contribution >= 0.6 is 0 Å². The van der Waals surface area contributed by atoms with Crippen LogP contribution in [0, 0.1) is 17.0 Å². The fraction of sp³-hybridized carbons (Fsp3) is 0.0625. The minimum atomic E-state index is -0.514. The lowest BCUT2D eigenvalue weighted by Crippen LogP contribution is -2.05. The third-order valence-corrected chi connectivity index (χ3v) is 3.26. The average Bonchev–Trinajstić information content (AvgIpc) is 2.58. The molecule has 3 rings (SSSR count). The number of nitrogens with zero attached hydrogens (tertiary/aromatic N) is 4. The topological polar surface area (TPSA) is 106 Å². The summed E-state index contributed by atoms with van der Waals surface area (Å²) in [5.74, 6) is 0.228. The maximum absolute atomic E-state index is 11.5. The second kappa shape index (κ2) is 6.69. The molecule has 8 heteroatoms. The van der Waals surface area contributed by atoms with E-state index in [9.17, 15) is 10.1 Å². The Bertz CT molecular complexity index is 852. The number of aryl methyl sites for hydroxylation is 1. The lowest BCUT2D eigenvalue weighted by Gasteiger charge is -2.10. The first kappa shape index (κ1) is 15.3. The molecule has 2 N–H and O–H groups in total. The highest BCUT2D eigenvalue weighted by atomic mass is 16.6. The molecule has 120 valence electrons. The van der Waals surface area contributed by atoms with Gasteiger partial charge in [-0.25, -0.2) is 9.97 Å². The van der Waals surface area contributed by atoms with E-state index in [0.717, 1.165) is 5.56 Å². The normalized spacial score (nSPS) is 10.2. The van der Waals surface area contributed by atoms with Crippen molar-refractivity contribution in [2.24, 2.45) is 0 Å². The van der Waals surface area contributed by atoms with E-state index in [0.29, 0.717) is 11.4 Å². The molecule has 3 aromatic rings. The summed E-state index contributed by atoms with van der Waals surface area (Å²) in [4.78, 5) is 22.9. The van der Waals surface area contributed by atoms with Crippen LogP contribution in [0.2, 0.25) is 0 Å². The number of anilines is 4. The van der Waals surface area contributed by atoms with Crippen molar-refractivity contribution in [1.82, 2.24) is 15.0 Å². The monoisotopic (exact) mass is 322 g/mol. The quantitative estimate of drug-likeness (QED) is 0.546. The molecule has 0 unspecified atom stereocenters. The summed E-state index contributed by atoms with van der Waals surface area (Å²) in [7, 11) is 0. The molecule has 2 heterocycles. The first-order valence-corrected chi connectivity index (χ1v) is 7.13. The lowest BCUT2D eigenvalue weighted by molar-refractivity contribution is -0.383. The van der Waals surface area contributed by atoms with Gasteiger partial charge in [0.15, 0.2) is 0 Å². The van der Waals surface area contributed by atoms with Crippen molar-refractivity contribution in [2.75, 3.05) is 10.6 Å². The Morgan fingerprint density at radius 1 is 0.917 bits per heavy atom. The fourth-order valence-electron chi connectivity index (χ4n) is 2.08. The molecule has 0 saturated heterocycles. The number of pyridine rings is 1. The van der Waals surface area contributed by atoms with Crippen molar-refractivity contribution in [3.63, 3.8) is 0 Å². The van der Waals surface area contributed by atoms with Crippen LogP contribution in [-0.4, -0.2) is 19.9 Å². The molecule has 2 aromatic heterocycles. The summed E-state index contributed by atoms with van der Waals surface area (Å²) >= 11 is 0. The Kier molecular flexibility index (Phi) is 4.28. The van der Waals surface area contributed by atoms with Gasteiger partial charge in [0, 0.05) is 23.8 Å².